The van der Waals surface area contributed by atoms with E-state index < -0.39 is 32.9 Å². The molecule has 3 rings (SSSR count). The fraction of sp³-hybridized carbons (Fsp3) is 0.350. The number of aliphatic hydroxyl groups is 1. The third kappa shape index (κ3) is 5.55. The van der Waals surface area contributed by atoms with E-state index >= 15 is 0 Å². The van der Waals surface area contributed by atoms with Gasteiger partial charge in [0.05, 0.1) is 28.7 Å². The average Bonchev–Trinajstić information content (AvgIpc) is 2.71. The lowest BCUT2D eigenvalue weighted by Gasteiger charge is -2.41. The Morgan fingerprint density at radius 2 is 1.94 bits per heavy atom. The highest BCUT2D eigenvalue weighted by atomic mass is 35.5. The van der Waals surface area contributed by atoms with Crippen molar-refractivity contribution in [1.82, 2.24) is 10.2 Å². The first kappa shape index (κ1) is 24.4. The number of nitrogens with one attached hydrogen (secondary N) is 2. The number of carbonyl (C=O) groups is 1. The Hall–Kier alpha value is -2.28. The largest absolute Gasteiger partial charge is 0.489 e. The van der Waals surface area contributed by atoms with Crippen molar-refractivity contribution in [1.29, 1.82) is 0 Å². The van der Waals surface area contributed by atoms with Gasteiger partial charge in [0.25, 0.3) is 5.91 Å². The van der Waals surface area contributed by atoms with Gasteiger partial charge in [0.1, 0.15) is 23.7 Å². The van der Waals surface area contributed by atoms with E-state index in [9.17, 15) is 22.7 Å². The van der Waals surface area contributed by atoms with E-state index in [0.29, 0.717) is 11.3 Å². The molecule has 0 saturated carbocycles. The highest BCUT2D eigenvalue weighted by molar-refractivity contribution is 7.89. The monoisotopic (exact) mass is 488 g/mol. The predicted molar refractivity (Wildman–Crippen MR) is 111 cm³/mol. The van der Waals surface area contributed by atoms with Crippen molar-refractivity contribution in [3.05, 3.63) is 58.9 Å². The van der Waals surface area contributed by atoms with Gasteiger partial charge in [-0.3, -0.25) is 10.0 Å². The van der Waals surface area contributed by atoms with Crippen LogP contribution in [0.2, 0.25) is 5.02 Å². The summed E-state index contributed by atoms with van der Waals surface area (Å²) in [5, 5.41) is 19.6. The molecule has 32 heavy (non-hydrogen) atoms. The molecule has 174 valence electrons. The second-order valence-electron chi connectivity index (χ2n) is 7.79. The number of benzene rings is 2. The summed E-state index contributed by atoms with van der Waals surface area (Å²) in [4.78, 5) is 12.1. The number of hydroxylamine groups is 1. The number of hydrogen-bond acceptors (Lipinski definition) is 7. The molecule has 1 heterocycles. The van der Waals surface area contributed by atoms with E-state index in [-0.39, 0.29) is 36.2 Å². The van der Waals surface area contributed by atoms with Crippen LogP contribution in [0.4, 0.5) is 4.39 Å². The number of rotatable bonds is 7. The van der Waals surface area contributed by atoms with Crippen LogP contribution in [0.15, 0.2) is 47.4 Å². The standard InChI is InChI=1S/C20H22ClFN2O7S/c1-19(26)10-20(12-30-11-19,18(25)23-27)24-32(28,29)16-6-4-15(5-7-16)31-9-13-2-3-14(22)8-17(13)21/h2-8,24,26-27H,9-12H2,1H3,(H,23,25). The maximum Gasteiger partial charge on any atom is 0.267 e. The molecule has 2 aromatic carbocycles. The minimum Gasteiger partial charge on any atom is -0.489 e. The zero-order valence-corrected chi connectivity index (χ0v) is 18.5. The van der Waals surface area contributed by atoms with Crippen molar-refractivity contribution in [2.75, 3.05) is 13.2 Å². The van der Waals surface area contributed by atoms with E-state index in [4.69, 9.17) is 26.3 Å². The predicted octanol–water partition coefficient (Wildman–Crippen LogP) is 1.75. The molecule has 1 aliphatic rings. The van der Waals surface area contributed by atoms with Gasteiger partial charge in [-0.2, -0.15) is 4.72 Å². The molecule has 1 saturated heterocycles. The van der Waals surface area contributed by atoms with Gasteiger partial charge in [0.2, 0.25) is 10.0 Å². The van der Waals surface area contributed by atoms with E-state index in [1.165, 1.54) is 48.8 Å². The average molecular weight is 489 g/mol. The number of ether oxygens (including phenoxy) is 2. The van der Waals surface area contributed by atoms with E-state index in [1.807, 2.05) is 0 Å². The number of carbonyl (C=O) groups excluding carboxylic acids is 1. The maximum atomic E-state index is 13.1. The van der Waals surface area contributed by atoms with Crippen molar-refractivity contribution in [2.45, 2.75) is 36.0 Å². The molecule has 9 nitrogen and oxygen atoms in total. The molecule has 2 unspecified atom stereocenters. The molecule has 4 N–H and O–H groups in total. The molecular weight excluding hydrogens is 467 g/mol. The molecule has 2 atom stereocenters. The lowest BCUT2D eigenvalue weighted by Crippen LogP contribution is -2.66. The number of amides is 1. The highest BCUT2D eigenvalue weighted by Gasteiger charge is 2.50. The SMILES string of the molecule is CC1(O)COCC(NS(=O)(=O)c2ccc(OCc3ccc(F)cc3Cl)cc2)(C(=O)NO)C1. The van der Waals surface area contributed by atoms with Crippen LogP contribution >= 0.6 is 11.6 Å². The minimum atomic E-state index is -4.25. The van der Waals surface area contributed by atoms with Gasteiger partial charge < -0.3 is 14.6 Å². The van der Waals surface area contributed by atoms with Crippen molar-refractivity contribution >= 4 is 27.5 Å². The summed E-state index contributed by atoms with van der Waals surface area (Å²) in [6, 6.07) is 9.21. The molecule has 1 fully saturated rings. The first-order chi connectivity index (χ1) is 15.0. The van der Waals surface area contributed by atoms with Crippen molar-refractivity contribution in [2.24, 2.45) is 0 Å². The second kappa shape index (κ2) is 9.30. The fourth-order valence-electron chi connectivity index (χ4n) is 3.39. The first-order valence-electron chi connectivity index (χ1n) is 9.42. The smallest absolute Gasteiger partial charge is 0.267 e. The van der Waals surface area contributed by atoms with Gasteiger partial charge in [-0.25, -0.2) is 18.3 Å². The molecule has 12 heteroatoms. The van der Waals surface area contributed by atoms with Crippen LogP contribution in [-0.2, 0) is 26.2 Å². The van der Waals surface area contributed by atoms with E-state index in [0.717, 1.165) is 6.07 Å². The summed E-state index contributed by atoms with van der Waals surface area (Å²) < 4.78 is 51.9. The fourth-order valence-corrected chi connectivity index (χ4v) is 4.97. The van der Waals surface area contributed by atoms with Gasteiger partial charge in [0, 0.05) is 12.0 Å². The van der Waals surface area contributed by atoms with Gasteiger partial charge >= 0.3 is 0 Å². The summed E-state index contributed by atoms with van der Waals surface area (Å²) in [5.41, 5.74) is -1.43. The van der Waals surface area contributed by atoms with Gasteiger partial charge in [0.15, 0.2) is 0 Å². The summed E-state index contributed by atoms with van der Waals surface area (Å²) in [7, 11) is -4.25. The molecule has 1 aliphatic heterocycles. The van der Waals surface area contributed by atoms with Crippen LogP contribution < -0.4 is 14.9 Å². The molecule has 0 aromatic heterocycles. The van der Waals surface area contributed by atoms with Crippen LogP contribution in [0.25, 0.3) is 0 Å². The molecular formula is C20H22ClFN2O7S. The van der Waals surface area contributed by atoms with Crippen LogP contribution in [-0.4, -0.2) is 49.0 Å². The van der Waals surface area contributed by atoms with Gasteiger partial charge in [-0.05, 0) is 43.3 Å². The minimum absolute atomic E-state index is 0.0374. The number of halogens is 2. The molecule has 0 aliphatic carbocycles. The quantitative estimate of drug-likeness (QED) is 0.344. The van der Waals surface area contributed by atoms with Crippen molar-refractivity contribution in [3.63, 3.8) is 0 Å². The molecule has 0 bridgehead atoms. The molecule has 1 amide bonds. The summed E-state index contributed by atoms with van der Waals surface area (Å²) in [5.74, 6) is -1.20. The van der Waals surface area contributed by atoms with E-state index in [2.05, 4.69) is 4.72 Å². The Morgan fingerprint density at radius 3 is 2.53 bits per heavy atom. The normalized spacial score (nSPS) is 23.5. The maximum absolute atomic E-state index is 13.1. The van der Waals surface area contributed by atoms with Crippen molar-refractivity contribution in [3.8, 4) is 5.75 Å². The summed E-state index contributed by atoms with van der Waals surface area (Å²) >= 11 is 5.96. The third-order valence-electron chi connectivity index (χ3n) is 4.85. The second-order valence-corrected chi connectivity index (χ2v) is 9.88. The van der Waals surface area contributed by atoms with E-state index in [1.54, 1.807) is 0 Å². The third-order valence-corrected chi connectivity index (χ3v) is 6.76. The summed E-state index contributed by atoms with van der Waals surface area (Å²) in [6.45, 7) is 0.947. The zero-order valence-electron chi connectivity index (χ0n) is 17.0. The Morgan fingerprint density at radius 1 is 1.25 bits per heavy atom. The first-order valence-corrected chi connectivity index (χ1v) is 11.3. The van der Waals surface area contributed by atoms with Crippen LogP contribution in [0, 0.1) is 5.82 Å². The van der Waals surface area contributed by atoms with Gasteiger partial charge in [-0.15, -0.1) is 0 Å². The van der Waals surface area contributed by atoms with Gasteiger partial charge in [-0.1, -0.05) is 17.7 Å². The highest BCUT2D eigenvalue weighted by Crippen LogP contribution is 2.29. The Kier molecular flexibility index (Phi) is 7.08. The van der Waals surface area contributed by atoms with Crippen molar-refractivity contribution < 1.29 is 37.4 Å². The topological polar surface area (TPSA) is 134 Å². The van der Waals surface area contributed by atoms with Crippen LogP contribution in [0.1, 0.15) is 18.9 Å². The summed E-state index contributed by atoms with van der Waals surface area (Å²) in [6.07, 6.45) is -0.314. The lowest BCUT2D eigenvalue weighted by molar-refractivity contribution is -0.155. The van der Waals surface area contributed by atoms with Crippen LogP contribution in [0.5, 0.6) is 5.75 Å². The zero-order chi connectivity index (χ0) is 23.6. The Bertz CT molecular complexity index is 1100. The number of hydrogen-bond donors (Lipinski definition) is 4. The Balaban J connectivity index is 1.75. The van der Waals surface area contributed by atoms with Crippen LogP contribution in [0.3, 0.4) is 0 Å². The molecule has 0 spiro atoms. The number of sulfonamides is 1. The molecule has 2 aromatic rings. The Labute approximate surface area is 189 Å². The lowest BCUT2D eigenvalue weighted by atomic mass is 9.84. The molecule has 0 radical (unpaired) electrons.